The Morgan fingerprint density at radius 1 is 0.943 bits per heavy atom. The van der Waals surface area contributed by atoms with Crippen LogP contribution in [-0.2, 0) is 11.2 Å². The molecular weight excluding hydrogens is 443 g/mol. The fraction of sp³-hybridized carbons (Fsp3) is 0.517. The van der Waals surface area contributed by atoms with Crippen molar-refractivity contribution in [2.75, 3.05) is 19.6 Å². The second-order valence-electron chi connectivity index (χ2n) is 8.73. The van der Waals surface area contributed by atoms with Gasteiger partial charge in [-0.05, 0) is 107 Å². The van der Waals surface area contributed by atoms with E-state index in [0.29, 0.717) is 18.4 Å². The van der Waals surface area contributed by atoms with E-state index in [1.807, 2.05) is 32.9 Å². The molecule has 5 nitrogen and oxygen atoms in total. The first-order chi connectivity index (χ1) is 16.8. The summed E-state index contributed by atoms with van der Waals surface area (Å²) >= 11 is 0. The number of Topliss-reactive ketones (excluding diaryl/α,β-unsaturated/α-hetero) is 1. The minimum absolute atomic E-state index is 0.0593. The average Bonchev–Trinajstić information content (AvgIpc) is 3.37. The molecule has 0 aliphatic carbocycles. The molecule has 0 radical (unpaired) electrons. The zero-order chi connectivity index (χ0) is 26.1. The highest BCUT2D eigenvalue weighted by Crippen LogP contribution is 2.14. The van der Waals surface area contributed by atoms with Crippen LogP contribution in [0, 0.1) is 12.7 Å². The van der Waals surface area contributed by atoms with Crippen molar-refractivity contribution >= 4 is 11.7 Å². The van der Waals surface area contributed by atoms with Gasteiger partial charge in [0.1, 0.15) is 11.6 Å². The summed E-state index contributed by atoms with van der Waals surface area (Å²) in [6, 6.07) is 11.8. The largest absolute Gasteiger partial charge is 0.508 e. The summed E-state index contributed by atoms with van der Waals surface area (Å²) in [5.41, 5.74) is 7.49. The Balaban J connectivity index is 0.000000327. The molecule has 2 aromatic carbocycles. The van der Waals surface area contributed by atoms with Crippen molar-refractivity contribution in [3.63, 3.8) is 0 Å². The van der Waals surface area contributed by atoms with Crippen LogP contribution in [0.25, 0.3) is 0 Å². The average molecular weight is 487 g/mol. The maximum atomic E-state index is 13.3. The molecule has 1 heterocycles. The lowest BCUT2D eigenvalue weighted by molar-refractivity contribution is -0.118. The van der Waals surface area contributed by atoms with Crippen molar-refractivity contribution in [3.8, 4) is 5.75 Å². The Morgan fingerprint density at radius 3 is 2.17 bits per heavy atom. The molecule has 0 aromatic heterocycles. The molecule has 0 bridgehead atoms. The summed E-state index contributed by atoms with van der Waals surface area (Å²) in [4.78, 5) is 24.7. The monoisotopic (exact) mass is 486 g/mol. The molecule has 6 heteroatoms. The number of hydrogen-bond acceptors (Lipinski definition) is 4. The number of amides is 1. The van der Waals surface area contributed by atoms with Gasteiger partial charge >= 0.3 is 0 Å². The molecule has 0 saturated carbocycles. The van der Waals surface area contributed by atoms with Gasteiger partial charge in [-0.15, -0.1) is 0 Å². The van der Waals surface area contributed by atoms with Gasteiger partial charge < -0.3 is 15.7 Å². The number of carbonyl (C=O) groups excluding carboxylic acids is 2. The Kier molecular flexibility index (Phi) is 15.3. The van der Waals surface area contributed by atoms with Crippen molar-refractivity contribution in [1.29, 1.82) is 0 Å². The molecule has 0 spiro atoms. The molecule has 1 saturated heterocycles. The second kappa shape index (κ2) is 17.7. The topological polar surface area (TPSA) is 83.6 Å². The minimum atomic E-state index is -0.296. The van der Waals surface area contributed by atoms with Crippen LogP contribution < -0.4 is 5.73 Å². The lowest BCUT2D eigenvalue weighted by atomic mass is 10.0. The number of aryl methyl sites for hydroxylation is 2. The first-order valence-electron chi connectivity index (χ1n) is 12.9. The van der Waals surface area contributed by atoms with Crippen LogP contribution in [0.4, 0.5) is 4.39 Å². The zero-order valence-electron chi connectivity index (χ0n) is 21.7. The smallest absolute Gasteiger partial charge is 0.217 e. The SMILES string of the molecule is CC.Cc1ccc(CCCN2CCCC2)cc1F.NC(=O)CCCCCC(=O)c1ccc(O)cc1. The summed E-state index contributed by atoms with van der Waals surface area (Å²) in [7, 11) is 0. The van der Waals surface area contributed by atoms with E-state index in [0.717, 1.165) is 49.8 Å². The highest BCUT2D eigenvalue weighted by atomic mass is 19.1. The standard InChI is InChI=1S/C14H20FN.C13H17NO3.C2H6/c1-12-6-7-13(11-14(12)15)5-4-10-16-8-2-3-9-16;14-13(17)5-3-1-2-4-12(16)10-6-8-11(15)9-7-10;1-2/h6-7,11H,2-5,8-10H2,1H3;6-9,15H,1-5H2,(H2,14,17);1-2H3. The van der Waals surface area contributed by atoms with Crippen molar-refractivity contribution in [3.05, 3.63) is 65.0 Å². The molecule has 1 fully saturated rings. The number of phenolic OH excluding ortho intramolecular Hbond substituents is 1. The van der Waals surface area contributed by atoms with Crippen LogP contribution in [0.5, 0.6) is 5.75 Å². The van der Waals surface area contributed by atoms with Crippen molar-refractivity contribution in [1.82, 2.24) is 4.90 Å². The lowest BCUT2D eigenvalue weighted by Crippen LogP contribution is -2.20. The van der Waals surface area contributed by atoms with Crippen LogP contribution in [-0.4, -0.2) is 41.3 Å². The number of ketones is 1. The van der Waals surface area contributed by atoms with Gasteiger partial charge in [-0.1, -0.05) is 32.4 Å². The third-order valence-corrected chi connectivity index (χ3v) is 5.89. The van der Waals surface area contributed by atoms with E-state index in [1.165, 1.54) is 38.1 Å². The van der Waals surface area contributed by atoms with Crippen molar-refractivity contribution in [2.45, 2.75) is 78.6 Å². The number of halogens is 1. The van der Waals surface area contributed by atoms with Crippen LogP contribution in [0.15, 0.2) is 42.5 Å². The number of benzene rings is 2. The number of aromatic hydroxyl groups is 1. The Morgan fingerprint density at radius 2 is 1.57 bits per heavy atom. The van der Waals surface area contributed by atoms with Gasteiger partial charge in [0.25, 0.3) is 0 Å². The third kappa shape index (κ3) is 13.1. The number of phenols is 1. The number of unbranched alkanes of at least 4 members (excludes halogenated alkanes) is 2. The number of nitrogens with zero attached hydrogens (tertiary/aromatic N) is 1. The van der Waals surface area contributed by atoms with Gasteiger partial charge in [0.2, 0.25) is 5.91 Å². The number of rotatable bonds is 11. The zero-order valence-corrected chi connectivity index (χ0v) is 21.7. The highest BCUT2D eigenvalue weighted by molar-refractivity contribution is 5.96. The van der Waals surface area contributed by atoms with E-state index in [9.17, 15) is 14.0 Å². The summed E-state index contributed by atoms with van der Waals surface area (Å²) < 4.78 is 13.3. The number of carbonyl (C=O) groups is 2. The van der Waals surface area contributed by atoms with Gasteiger partial charge in [-0.25, -0.2) is 4.39 Å². The first kappa shape index (κ1) is 30.3. The predicted molar refractivity (Wildman–Crippen MR) is 141 cm³/mol. The molecule has 3 rings (SSSR count). The minimum Gasteiger partial charge on any atom is -0.508 e. The number of primary amides is 1. The highest BCUT2D eigenvalue weighted by Gasteiger charge is 2.10. The Bertz CT molecular complexity index is 878. The van der Waals surface area contributed by atoms with Crippen LogP contribution >= 0.6 is 0 Å². The molecule has 0 unspecified atom stereocenters. The number of likely N-dealkylation sites (tertiary alicyclic amines) is 1. The molecule has 35 heavy (non-hydrogen) atoms. The molecule has 194 valence electrons. The summed E-state index contributed by atoms with van der Waals surface area (Å²) in [6.07, 6.45) is 7.99. The van der Waals surface area contributed by atoms with E-state index in [4.69, 9.17) is 10.8 Å². The lowest BCUT2D eigenvalue weighted by Gasteiger charge is -2.14. The fourth-order valence-electron chi connectivity index (χ4n) is 3.86. The molecule has 1 amide bonds. The van der Waals surface area contributed by atoms with Crippen LogP contribution in [0.3, 0.4) is 0 Å². The van der Waals surface area contributed by atoms with Gasteiger partial charge in [0.05, 0.1) is 0 Å². The molecule has 1 aliphatic rings. The molecule has 3 N–H and O–H groups in total. The van der Waals surface area contributed by atoms with E-state index in [1.54, 1.807) is 18.2 Å². The van der Waals surface area contributed by atoms with E-state index >= 15 is 0 Å². The van der Waals surface area contributed by atoms with E-state index in [-0.39, 0.29) is 23.3 Å². The summed E-state index contributed by atoms with van der Waals surface area (Å²) in [5, 5.41) is 9.08. The van der Waals surface area contributed by atoms with Gasteiger partial charge in [-0.3, -0.25) is 9.59 Å². The first-order valence-corrected chi connectivity index (χ1v) is 12.9. The molecule has 1 aliphatic heterocycles. The van der Waals surface area contributed by atoms with Gasteiger partial charge in [0.15, 0.2) is 5.78 Å². The summed E-state index contributed by atoms with van der Waals surface area (Å²) in [6.45, 7) is 9.48. The van der Waals surface area contributed by atoms with Crippen molar-refractivity contribution < 1.29 is 19.1 Å². The fourth-order valence-corrected chi connectivity index (χ4v) is 3.86. The molecular formula is C29H43FN2O3. The molecule has 2 aromatic rings. The van der Waals surface area contributed by atoms with Gasteiger partial charge in [0, 0.05) is 18.4 Å². The quantitative estimate of drug-likeness (QED) is 0.293. The molecule has 0 atom stereocenters. The predicted octanol–water partition coefficient (Wildman–Crippen LogP) is 6.20. The van der Waals surface area contributed by atoms with Crippen LogP contribution in [0.2, 0.25) is 0 Å². The van der Waals surface area contributed by atoms with Gasteiger partial charge in [-0.2, -0.15) is 0 Å². The van der Waals surface area contributed by atoms with E-state index < -0.39 is 0 Å². The Labute approximate surface area is 210 Å². The van der Waals surface area contributed by atoms with E-state index in [2.05, 4.69) is 4.90 Å². The Hall–Kier alpha value is -2.73. The second-order valence-corrected chi connectivity index (χ2v) is 8.73. The maximum absolute atomic E-state index is 13.3. The van der Waals surface area contributed by atoms with Crippen molar-refractivity contribution in [2.24, 2.45) is 5.73 Å². The number of hydrogen-bond donors (Lipinski definition) is 2. The normalized spacial score (nSPS) is 12.8. The maximum Gasteiger partial charge on any atom is 0.217 e. The number of nitrogens with two attached hydrogens (primary N) is 1. The van der Waals surface area contributed by atoms with Crippen LogP contribution in [0.1, 0.15) is 86.7 Å². The summed E-state index contributed by atoms with van der Waals surface area (Å²) in [5.74, 6) is -0.152. The third-order valence-electron chi connectivity index (χ3n) is 5.89.